The number of carbonyl (C=O) groups is 1. The molecule has 0 bridgehead atoms. The minimum atomic E-state index is -3.06. The first kappa shape index (κ1) is 9.92. The third-order valence-electron chi connectivity index (χ3n) is 3.01. The van der Waals surface area contributed by atoms with E-state index in [-0.39, 0.29) is 17.7 Å². The van der Waals surface area contributed by atoms with E-state index >= 15 is 0 Å². The van der Waals surface area contributed by atoms with Crippen molar-refractivity contribution in [3.8, 4) is 0 Å². The second-order valence-electron chi connectivity index (χ2n) is 3.94. The Morgan fingerprint density at radius 3 is 2.43 bits per heavy atom. The fourth-order valence-electron chi connectivity index (χ4n) is 2.09. The molecule has 1 aliphatic carbocycles. The maximum absolute atomic E-state index is 11.5. The van der Waals surface area contributed by atoms with Crippen LogP contribution in [0.4, 0.5) is 0 Å². The first-order valence-corrected chi connectivity index (χ1v) is 6.34. The van der Waals surface area contributed by atoms with Gasteiger partial charge in [0.1, 0.15) is 0 Å². The van der Waals surface area contributed by atoms with E-state index in [1.165, 1.54) is 4.31 Å². The summed E-state index contributed by atoms with van der Waals surface area (Å²) in [6, 6.07) is -0.0522. The Morgan fingerprint density at radius 2 is 2.00 bits per heavy atom. The number of hydrogen-bond acceptors (Lipinski definition) is 3. The van der Waals surface area contributed by atoms with Crippen LogP contribution in [0.1, 0.15) is 19.3 Å². The van der Waals surface area contributed by atoms with Crippen molar-refractivity contribution < 1.29 is 18.3 Å². The number of hydrogen-bond donors (Lipinski definition) is 1. The van der Waals surface area contributed by atoms with Crippen molar-refractivity contribution in [1.82, 2.24) is 4.31 Å². The van der Waals surface area contributed by atoms with Crippen LogP contribution in [0, 0.1) is 5.92 Å². The highest BCUT2D eigenvalue weighted by atomic mass is 32.2. The Bertz CT molecular complexity index is 344. The number of aliphatic carboxylic acids is 1. The van der Waals surface area contributed by atoms with Crippen LogP contribution in [0.25, 0.3) is 0 Å². The van der Waals surface area contributed by atoms with Gasteiger partial charge < -0.3 is 5.11 Å². The largest absolute Gasteiger partial charge is 0.481 e. The van der Waals surface area contributed by atoms with Crippen molar-refractivity contribution in [1.29, 1.82) is 0 Å². The normalized spacial score (nSPS) is 36.6. The van der Waals surface area contributed by atoms with Crippen LogP contribution < -0.4 is 0 Å². The maximum Gasteiger partial charge on any atom is 0.306 e. The Balaban J connectivity index is 1.97. The van der Waals surface area contributed by atoms with Gasteiger partial charge in [-0.15, -0.1) is 0 Å². The molecule has 0 unspecified atom stereocenters. The molecule has 2 fully saturated rings. The van der Waals surface area contributed by atoms with Gasteiger partial charge in [-0.1, -0.05) is 0 Å². The molecule has 2 rings (SSSR count). The maximum atomic E-state index is 11.5. The molecule has 0 atom stereocenters. The van der Waals surface area contributed by atoms with Gasteiger partial charge in [0.15, 0.2) is 0 Å². The molecule has 1 heterocycles. The molecule has 6 heteroatoms. The first-order chi connectivity index (χ1) is 6.50. The van der Waals surface area contributed by atoms with Crippen LogP contribution in [0.2, 0.25) is 0 Å². The number of nitrogens with zero attached hydrogens (tertiary/aromatic N) is 1. The van der Waals surface area contributed by atoms with Crippen LogP contribution in [0.3, 0.4) is 0 Å². The third kappa shape index (κ3) is 1.52. The SMILES string of the molecule is O=C(O)C1CC(N2CCCS2(=O)=O)C1. The fraction of sp³-hybridized carbons (Fsp3) is 0.875. The quantitative estimate of drug-likeness (QED) is 0.703. The Morgan fingerprint density at radius 1 is 1.36 bits per heavy atom. The third-order valence-corrected chi connectivity index (χ3v) is 5.01. The van der Waals surface area contributed by atoms with Crippen LogP contribution in [-0.4, -0.2) is 42.1 Å². The van der Waals surface area contributed by atoms with E-state index in [4.69, 9.17) is 5.11 Å². The summed E-state index contributed by atoms with van der Waals surface area (Å²) in [6.07, 6.45) is 1.64. The van der Waals surface area contributed by atoms with Gasteiger partial charge in [-0.3, -0.25) is 4.79 Å². The number of carboxylic acids is 1. The summed E-state index contributed by atoms with van der Waals surface area (Å²) in [5, 5.41) is 8.66. The van der Waals surface area contributed by atoms with Crippen molar-refractivity contribution in [3.63, 3.8) is 0 Å². The molecule has 0 spiro atoms. The lowest BCUT2D eigenvalue weighted by Crippen LogP contribution is -2.47. The smallest absolute Gasteiger partial charge is 0.306 e. The summed E-state index contributed by atoms with van der Waals surface area (Å²) in [7, 11) is -3.06. The van der Waals surface area contributed by atoms with Crippen molar-refractivity contribution >= 4 is 16.0 Å². The Hall–Kier alpha value is -0.620. The van der Waals surface area contributed by atoms with E-state index in [0.29, 0.717) is 25.8 Å². The van der Waals surface area contributed by atoms with Gasteiger partial charge in [0.05, 0.1) is 11.7 Å². The lowest BCUT2D eigenvalue weighted by molar-refractivity contribution is -0.146. The van der Waals surface area contributed by atoms with E-state index in [1.807, 2.05) is 0 Å². The zero-order valence-electron chi connectivity index (χ0n) is 7.72. The van der Waals surface area contributed by atoms with Crippen molar-refractivity contribution in [2.45, 2.75) is 25.3 Å². The summed E-state index contributed by atoms with van der Waals surface area (Å²) in [4.78, 5) is 10.5. The van der Waals surface area contributed by atoms with Gasteiger partial charge in [-0.2, -0.15) is 4.31 Å². The molecule has 1 saturated carbocycles. The van der Waals surface area contributed by atoms with Gasteiger partial charge in [-0.05, 0) is 19.3 Å². The van der Waals surface area contributed by atoms with E-state index < -0.39 is 16.0 Å². The van der Waals surface area contributed by atoms with Crippen LogP contribution in [-0.2, 0) is 14.8 Å². The molecule has 1 N–H and O–H groups in total. The fourth-order valence-corrected chi connectivity index (χ4v) is 3.86. The molecular weight excluding hydrogens is 206 g/mol. The molecule has 0 amide bonds. The summed E-state index contributed by atoms with van der Waals surface area (Å²) in [5.41, 5.74) is 0. The topological polar surface area (TPSA) is 74.7 Å². The molecule has 0 aromatic rings. The molecule has 1 saturated heterocycles. The van der Waals surface area contributed by atoms with Gasteiger partial charge in [0.2, 0.25) is 10.0 Å². The van der Waals surface area contributed by atoms with Crippen molar-refractivity contribution in [2.75, 3.05) is 12.3 Å². The average molecular weight is 219 g/mol. The summed E-state index contributed by atoms with van der Waals surface area (Å²) in [5.74, 6) is -0.921. The highest BCUT2D eigenvalue weighted by molar-refractivity contribution is 7.89. The molecule has 0 aromatic heterocycles. The highest BCUT2D eigenvalue weighted by Gasteiger charge is 2.43. The van der Waals surface area contributed by atoms with Crippen molar-refractivity contribution in [2.24, 2.45) is 5.92 Å². The molecule has 0 aromatic carbocycles. The summed E-state index contributed by atoms with van der Waals surface area (Å²) < 4.78 is 24.4. The molecule has 14 heavy (non-hydrogen) atoms. The Kier molecular flexibility index (Phi) is 2.27. The molecule has 2 aliphatic rings. The number of rotatable bonds is 2. The van der Waals surface area contributed by atoms with E-state index in [2.05, 4.69) is 0 Å². The van der Waals surface area contributed by atoms with Crippen LogP contribution in [0.5, 0.6) is 0 Å². The highest BCUT2D eigenvalue weighted by Crippen LogP contribution is 2.35. The average Bonchev–Trinajstić information content (AvgIpc) is 2.27. The van der Waals surface area contributed by atoms with Gasteiger partial charge >= 0.3 is 5.97 Å². The monoisotopic (exact) mass is 219 g/mol. The summed E-state index contributed by atoms with van der Waals surface area (Å²) in [6.45, 7) is 0.569. The van der Waals surface area contributed by atoms with Crippen LogP contribution in [0.15, 0.2) is 0 Å². The van der Waals surface area contributed by atoms with Crippen molar-refractivity contribution in [3.05, 3.63) is 0 Å². The van der Waals surface area contributed by atoms with E-state index in [9.17, 15) is 13.2 Å². The second kappa shape index (κ2) is 3.20. The van der Waals surface area contributed by atoms with Gasteiger partial charge in [0.25, 0.3) is 0 Å². The molecule has 5 nitrogen and oxygen atoms in total. The molecule has 0 radical (unpaired) electrons. The first-order valence-electron chi connectivity index (χ1n) is 4.73. The lowest BCUT2D eigenvalue weighted by Gasteiger charge is -2.37. The van der Waals surface area contributed by atoms with Gasteiger partial charge in [-0.25, -0.2) is 8.42 Å². The zero-order valence-corrected chi connectivity index (χ0v) is 8.53. The standard InChI is InChI=1S/C8H13NO4S/c10-8(11)6-4-7(5-6)9-2-1-3-14(9,12)13/h6-7H,1-5H2,(H,10,11). The minimum absolute atomic E-state index is 0.0522. The summed E-state index contributed by atoms with van der Waals surface area (Å²) >= 11 is 0. The predicted octanol–water partition coefficient (Wildman–Crippen LogP) is -0.115. The van der Waals surface area contributed by atoms with E-state index in [0.717, 1.165) is 0 Å². The molecule has 1 aliphatic heterocycles. The molecule has 80 valence electrons. The van der Waals surface area contributed by atoms with Gasteiger partial charge in [0, 0.05) is 12.6 Å². The Labute approximate surface area is 82.8 Å². The van der Waals surface area contributed by atoms with Crippen LogP contribution >= 0.6 is 0 Å². The number of sulfonamides is 1. The zero-order chi connectivity index (χ0) is 10.3. The number of carboxylic acid groups (broad SMARTS) is 1. The van der Waals surface area contributed by atoms with E-state index in [1.54, 1.807) is 0 Å². The second-order valence-corrected chi connectivity index (χ2v) is 5.98. The predicted molar refractivity (Wildman–Crippen MR) is 49.3 cm³/mol. The lowest BCUT2D eigenvalue weighted by atomic mass is 9.80. The molecular formula is C8H13NO4S. The minimum Gasteiger partial charge on any atom is -0.481 e.